The number of methoxy groups -OCH3 is 1. The fourth-order valence-corrected chi connectivity index (χ4v) is 2.54. The van der Waals surface area contributed by atoms with Crippen LogP contribution in [-0.4, -0.2) is 24.7 Å². The Morgan fingerprint density at radius 3 is 2.84 bits per heavy atom. The second kappa shape index (κ2) is 5.05. The lowest BCUT2D eigenvalue weighted by atomic mass is 9.82. The quantitative estimate of drug-likeness (QED) is 0.914. The molecule has 2 aromatic rings. The van der Waals surface area contributed by atoms with Crippen LogP contribution in [0.1, 0.15) is 12.8 Å². The Bertz CT molecular complexity index is 579. The van der Waals surface area contributed by atoms with E-state index in [1.807, 2.05) is 24.3 Å². The first-order valence-corrected chi connectivity index (χ1v) is 6.60. The van der Waals surface area contributed by atoms with Gasteiger partial charge in [0.1, 0.15) is 11.9 Å². The van der Waals surface area contributed by atoms with Crippen molar-refractivity contribution >= 4 is 10.8 Å². The summed E-state index contributed by atoms with van der Waals surface area (Å²) in [5.74, 6) is 2.14. The molecule has 0 aliphatic heterocycles. The minimum absolute atomic E-state index is 0.248. The summed E-state index contributed by atoms with van der Waals surface area (Å²) in [4.78, 5) is 4.35. The van der Waals surface area contributed by atoms with E-state index in [0.717, 1.165) is 35.9 Å². The standard InChI is InChI=1S/C15H18N2O2/c1-18-14-4-2-3-13-12(14)5-6-17-15(13)19-11-7-10(8-11)9-16/h2-6,10-11H,7-9,16H2,1H3. The number of ether oxygens (including phenoxy) is 2. The summed E-state index contributed by atoms with van der Waals surface area (Å²) < 4.78 is 11.3. The van der Waals surface area contributed by atoms with E-state index in [2.05, 4.69) is 4.98 Å². The van der Waals surface area contributed by atoms with E-state index in [-0.39, 0.29) is 6.10 Å². The monoisotopic (exact) mass is 258 g/mol. The van der Waals surface area contributed by atoms with Gasteiger partial charge < -0.3 is 15.2 Å². The zero-order valence-corrected chi connectivity index (χ0v) is 11.0. The van der Waals surface area contributed by atoms with Gasteiger partial charge in [0.25, 0.3) is 0 Å². The zero-order valence-electron chi connectivity index (χ0n) is 11.0. The normalized spacial score (nSPS) is 22.0. The van der Waals surface area contributed by atoms with E-state index in [1.54, 1.807) is 13.3 Å². The third-order valence-corrected chi connectivity index (χ3v) is 3.75. The molecule has 4 heteroatoms. The Morgan fingerprint density at radius 1 is 1.26 bits per heavy atom. The minimum atomic E-state index is 0.248. The van der Waals surface area contributed by atoms with Gasteiger partial charge in [0.05, 0.1) is 7.11 Å². The van der Waals surface area contributed by atoms with Crippen molar-refractivity contribution in [3.05, 3.63) is 30.5 Å². The number of nitrogens with zero attached hydrogens (tertiary/aromatic N) is 1. The first-order chi connectivity index (χ1) is 9.31. The summed E-state index contributed by atoms with van der Waals surface area (Å²) >= 11 is 0. The zero-order chi connectivity index (χ0) is 13.2. The highest BCUT2D eigenvalue weighted by Gasteiger charge is 2.30. The number of benzene rings is 1. The molecule has 100 valence electrons. The summed E-state index contributed by atoms with van der Waals surface area (Å²) in [6, 6.07) is 7.86. The lowest BCUT2D eigenvalue weighted by Gasteiger charge is -2.34. The average Bonchev–Trinajstić information content (AvgIpc) is 2.41. The average molecular weight is 258 g/mol. The molecule has 4 nitrogen and oxygen atoms in total. The molecule has 1 aromatic carbocycles. The highest BCUT2D eigenvalue weighted by atomic mass is 16.5. The molecule has 0 unspecified atom stereocenters. The third kappa shape index (κ3) is 2.24. The highest BCUT2D eigenvalue weighted by molar-refractivity contribution is 5.91. The van der Waals surface area contributed by atoms with Crippen LogP contribution in [0.15, 0.2) is 30.5 Å². The van der Waals surface area contributed by atoms with Gasteiger partial charge in [0.15, 0.2) is 0 Å². The Hall–Kier alpha value is -1.81. The molecule has 19 heavy (non-hydrogen) atoms. The van der Waals surface area contributed by atoms with Crippen molar-refractivity contribution < 1.29 is 9.47 Å². The Morgan fingerprint density at radius 2 is 2.11 bits per heavy atom. The highest BCUT2D eigenvalue weighted by Crippen LogP contribution is 2.34. The molecule has 0 amide bonds. The summed E-state index contributed by atoms with van der Waals surface area (Å²) in [7, 11) is 1.67. The fraction of sp³-hybridized carbons (Fsp3) is 0.400. The Balaban J connectivity index is 1.88. The van der Waals surface area contributed by atoms with E-state index in [9.17, 15) is 0 Å². The SMILES string of the molecule is COc1cccc2c(OC3CC(CN)C3)nccc12. The molecule has 3 rings (SSSR count). The van der Waals surface area contributed by atoms with Crippen LogP contribution in [0.25, 0.3) is 10.8 Å². The fourth-order valence-electron chi connectivity index (χ4n) is 2.54. The van der Waals surface area contributed by atoms with Crippen LogP contribution in [0.5, 0.6) is 11.6 Å². The number of fused-ring (bicyclic) bond motifs is 1. The van der Waals surface area contributed by atoms with Gasteiger partial charge in [-0.2, -0.15) is 0 Å². The molecular formula is C15H18N2O2. The maximum absolute atomic E-state index is 5.97. The molecule has 0 spiro atoms. The number of hydrogen-bond acceptors (Lipinski definition) is 4. The van der Waals surface area contributed by atoms with E-state index >= 15 is 0 Å². The van der Waals surface area contributed by atoms with Crippen LogP contribution in [0.3, 0.4) is 0 Å². The van der Waals surface area contributed by atoms with Crippen LogP contribution in [-0.2, 0) is 0 Å². The first-order valence-electron chi connectivity index (χ1n) is 6.60. The number of nitrogens with two attached hydrogens (primary N) is 1. The molecule has 0 saturated heterocycles. The lowest BCUT2D eigenvalue weighted by molar-refractivity contribution is 0.0664. The van der Waals surface area contributed by atoms with Crippen LogP contribution in [0, 0.1) is 5.92 Å². The van der Waals surface area contributed by atoms with Crippen molar-refractivity contribution in [2.24, 2.45) is 11.7 Å². The van der Waals surface area contributed by atoms with Gasteiger partial charge >= 0.3 is 0 Å². The first kappa shape index (κ1) is 12.2. The van der Waals surface area contributed by atoms with Crippen LogP contribution < -0.4 is 15.2 Å². The van der Waals surface area contributed by atoms with E-state index in [4.69, 9.17) is 15.2 Å². The molecule has 0 bridgehead atoms. The second-order valence-electron chi connectivity index (χ2n) is 4.98. The molecule has 1 aromatic heterocycles. The van der Waals surface area contributed by atoms with Crippen molar-refractivity contribution in [1.29, 1.82) is 0 Å². The van der Waals surface area contributed by atoms with Crippen molar-refractivity contribution in [1.82, 2.24) is 4.98 Å². The second-order valence-corrected chi connectivity index (χ2v) is 4.98. The van der Waals surface area contributed by atoms with Crippen molar-refractivity contribution in [2.45, 2.75) is 18.9 Å². The predicted molar refractivity (Wildman–Crippen MR) is 74.5 cm³/mol. The largest absolute Gasteiger partial charge is 0.496 e. The molecule has 0 atom stereocenters. The molecule has 1 aliphatic rings. The maximum Gasteiger partial charge on any atom is 0.221 e. The predicted octanol–water partition coefficient (Wildman–Crippen LogP) is 2.36. The topological polar surface area (TPSA) is 57.4 Å². The number of rotatable bonds is 4. The van der Waals surface area contributed by atoms with Gasteiger partial charge in [0.2, 0.25) is 5.88 Å². The van der Waals surface area contributed by atoms with E-state index < -0.39 is 0 Å². The van der Waals surface area contributed by atoms with Gasteiger partial charge in [-0.25, -0.2) is 4.98 Å². The van der Waals surface area contributed by atoms with Crippen LogP contribution >= 0.6 is 0 Å². The number of pyridine rings is 1. The Kier molecular flexibility index (Phi) is 3.25. The van der Waals surface area contributed by atoms with Crippen LogP contribution in [0.2, 0.25) is 0 Å². The molecule has 2 N–H and O–H groups in total. The molecule has 1 aliphatic carbocycles. The van der Waals surface area contributed by atoms with Gasteiger partial charge in [-0.05, 0) is 43.5 Å². The summed E-state index contributed by atoms with van der Waals surface area (Å²) in [5.41, 5.74) is 5.63. The number of aromatic nitrogens is 1. The van der Waals surface area contributed by atoms with Gasteiger partial charge in [-0.3, -0.25) is 0 Å². The maximum atomic E-state index is 5.97. The number of hydrogen-bond donors (Lipinski definition) is 1. The molecule has 1 saturated carbocycles. The summed E-state index contributed by atoms with van der Waals surface area (Å²) in [6.45, 7) is 0.747. The summed E-state index contributed by atoms with van der Waals surface area (Å²) in [5, 5.41) is 2.03. The molecule has 0 radical (unpaired) electrons. The molecule has 1 fully saturated rings. The van der Waals surface area contributed by atoms with E-state index in [0.29, 0.717) is 11.8 Å². The van der Waals surface area contributed by atoms with Gasteiger partial charge in [-0.1, -0.05) is 6.07 Å². The third-order valence-electron chi connectivity index (χ3n) is 3.75. The lowest BCUT2D eigenvalue weighted by Crippen LogP contribution is -2.37. The van der Waals surface area contributed by atoms with Crippen molar-refractivity contribution in [3.8, 4) is 11.6 Å². The van der Waals surface area contributed by atoms with E-state index in [1.165, 1.54) is 0 Å². The van der Waals surface area contributed by atoms with Gasteiger partial charge in [-0.15, -0.1) is 0 Å². The van der Waals surface area contributed by atoms with Crippen molar-refractivity contribution in [3.63, 3.8) is 0 Å². The minimum Gasteiger partial charge on any atom is -0.496 e. The van der Waals surface area contributed by atoms with Crippen molar-refractivity contribution in [2.75, 3.05) is 13.7 Å². The van der Waals surface area contributed by atoms with Crippen LogP contribution in [0.4, 0.5) is 0 Å². The molecular weight excluding hydrogens is 240 g/mol. The summed E-state index contributed by atoms with van der Waals surface area (Å²) in [6.07, 6.45) is 4.06. The smallest absolute Gasteiger partial charge is 0.221 e. The Labute approximate surface area is 112 Å². The molecule has 1 heterocycles. The van der Waals surface area contributed by atoms with Gasteiger partial charge in [0, 0.05) is 17.0 Å².